The highest BCUT2D eigenvalue weighted by Crippen LogP contribution is 2.10. The fourth-order valence-corrected chi connectivity index (χ4v) is 2.26. The summed E-state index contributed by atoms with van der Waals surface area (Å²) in [5.74, 6) is 0.0425. The number of ether oxygens (including phenoxy) is 1. The Bertz CT molecular complexity index is 485. The van der Waals surface area contributed by atoms with Crippen LogP contribution in [0.15, 0.2) is 24.3 Å². The molecule has 5 heteroatoms. The van der Waals surface area contributed by atoms with E-state index < -0.39 is 0 Å². The van der Waals surface area contributed by atoms with Crippen LogP contribution in [-0.4, -0.2) is 62.1 Å². The second-order valence-electron chi connectivity index (χ2n) is 4.82. The Balaban J connectivity index is 1.89. The van der Waals surface area contributed by atoms with Gasteiger partial charge in [-0.1, -0.05) is 0 Å². The normalized spacial score (nSPS) is 15.9. The molecule has 0 saturated carbocycles. The Morgan fingerprint density at radius 3 is 2.45 bits per heavy atom. The molecule has 1 aliphatic heterocycles. The van der Waals surface area contributed by atoms with Crippen molar-refractivity contribution >= 4 is 5.91 Å². The number of rotatable bonds is 4. The van der Waals surface area contributed by atoms with Gasteiger partial charge in [-0.05, 0) is 24.3 Å². The topological polar surface area (TPSA) is 56.6 Å². The molecule has 5 nitrogen and oxygen atoms in total. The quantitative estimate of drug-likeness (QED) is 0.820. The zero-order valence-corrected chi connectivity index (χ0v) is 11.7. The van der Waals surface area contributed by atoms with Gasteiger partial charge in [0.15, 0.2) is 0 Å². The van der Waals surface area contributed by atoms with E-state index >= 15 is 0 Å². The van der Waals surface area contributed by atoms with E-state index in [1.54, 1.807) is 31.4 Å². The summed E-state index contributed by atoms with van der Waals surface area (Å²) in [6, 6.07) is 8.86. The number of piperazine rings is 1. The van der Waals surface area contributed by atoms with E-state index in [-0.39, 0.29) is 5.91 Å². The van der Waals surface area contributed by atoms with Crippen molar-refractivity contribution in [3.63, 3.8) is 0 Å². The summed E-state index contributed by atoms with van der Waals surface area (Å²) < 4.78 is 5.06. The van der Waals surface area contributed by atoms with E-state index in [9.17, 15) is 4.79 Å². The van der Waals surface area contributed by atoms with Crippen LogP contribution in [0.25, 0.3) is 0 Å². The van der Waals surface area contributed by atoms with E-state index in [0.717, 1.165) is 39.3 Å². The second-order valence-corrected chi connectivity index (χ2v) is 4.82. The summed E-state index contributed by atoms with van der Waals surface area (Å²) in [6.45, 7) is 4.88. The van der Waals surface area contributed by atoms with Crippen molar-refractivity contribution < 1.29 is 9.53 Å². The summed E-state index contributed by atoms with van der Waals surface area (Å²) >= 11 is 0. The van der Waals surface area contributed by atoms with Crippen LogP contribution in [0.4, 0.5) is 0 Å². The molecule has 2 rings (SSSR count). The van der Waals surface area contributed by atoms with Crippen molar-refractivity contribution in [3.8, 4) is 6.07 Å². The largest absolute Gasteiger partial charge is 0.383 e. The number of carbonyl (C=O) groups excluding carboxylic acids is 1. The smallest absolute Gasteiger partial charge is 0.253 e. The van der Waals surface area contributed by atoms with Gasteiger partial charge in [0, 0.05) is 45.4 Å². The van der Waals surface area contributed by atoms with Gasteiger partial charge in [0.25, 0.3) is 5.91 Å². The van der Waals surface area contributed by atoms with Crippen LogP contribution in [0, 0.1) is 11.3 Å². The van der Waals surface area contributed by atoms with Gasteiger partial charge in [0.05, 0.1) is 18.2 Å². The molecule has 1 amide bonds. The molecule has 1 aliphatic rings. The van der Waals surface area contributed by atoms with E-state index in [2.05, 4.69) is 11.0 Å². The summed E-state index contributed by atoms with van der Waals surface area (Å²) in [5.41, 5.74) is 1.22. The molecule has 0 bridgehead atoms. The molecule has 0 radical (unpaired) electrons. The number of nitriles is 1. The van der Waals surface area contributed by atoms with Crippen LogP contribution in [0.5, 0.6) is 0 Å². The zero-order valence-electron chi connectivity index (χ0n) is 11.7. The minimum absolute atomic E-state index is 0.0425. The fraction of sp³-hybridized carbons (Fsp3) is 0.467. The lowest BCUT2D eigenvalue weighted by Gasteiger charge is -2.34. The predicted octanol–water partition coefficient (Wildman–Crippen LogP) is 0.962. The van der Waals surface area contributed by atoms with Crippen LogP contribution in [0.3, 0.4) is 0 Å². The molecule has 0 N–H and O–H groups in total. The molecule has 1 aromatic rings. The Kier molecular flexibility index (Phi) is 5.10. The molecule has 1 aromatic carbocycles. The van der Waals surface area contributed by atoms with Crippen LogP contribution < -0.4 is 0 Å². The highest BCUT2D eigenvalue weighted by molar-refractivity contribution is 5.94. The molecule has 0 spiro atoms. The Morgan fingerprint density at radius 1 is 1.25 bits per heavy atom. The Hall–Kier alpha value is -1.90. The van der Waals surface area contributed by atoms with Gasteiger partial charge in [-0.25, -0.2) is 0 Å². The molecule has 1 fully saturated rings. The van der Waals surface area contributed by atoms with E-state index in [4.69, 9.17) is 10.00 Å². The highest BCUT2D eigenvalue weighted by Gasteiger charge is 2.21. The maximum absolute atomic E-state index is 12.3. The maximum atomic E-state index is 12.3. The molecule has 0 atom stereocenters. The van der Waals surface area contributed by atoms with Gasteiger partial charge >= 0.3 is 0 Å². The third kappa shape index (κ3) is 3.56. The molecule has 0 aliphatic carbocycles. The lowest BCUT2D eigenvalue weighted by atomic mass is 10.1. The first kappa shape index (κ1) is 14.5. The van der Waals surface area contributed by atoms with Crippen LogP contribution in [-0.2, 0) is 4.74 Å². The molecule has 0 aromatic heterocycles. The number of hydrogen-bond donors (Lipinski definition) is 0. The number of hydrogen-bond acceptors (Lipinski definition) is 4. The van der Waals surface area contributed by atoms with Crippen LogP contribution >= 0.6 is 0 Å². The molecular formula is C15H19N3O2. The zero-order chi connectivity index (χ0) is 14.4. The molecule has 20 heavy (non-hydrogen) atoms. The summed E-state index contributed by atoms with van der Waals surface area (Å²) in [4.78, 5) is 16.5. The first-order valence-corrected chi connectivity index (χ1v) is 6.75. The number of methoxy groups -OCH3 is 1. The third-order valence-electron chi connectivity index (χ3n) is 3.53. The van der Waals surface area contributed by atoms with Gasteiger partial charge in [0.2, 0.25) is 0 Å². The van der Waals surface area contributed by atoms with E-state index in [0.29, 0.717) is 11.1 Å². The van der Waals surface area contributed by atoms with E-state index in [1.807, 2.05) is 4.90 Å². The highest BCUT2D eigenvalue weighted by atomic mass is 16.5. The molecule has 1 heterocycles. The van der Waals surface area contributed by atoms with Crippen LogP contribution in [0.2, 0.25) is 0 Å². The number of carbonyl (C=O) groups is 1. The van der Waals surface area contributed by atoms with Crippen LogP contribution in [0.1, 0.15) is 15.9 Å². The van der Waals surface area contributed by atoms with Crippen molar-refractivity contribution in [1.82, 2.24) is 9.80 Å². The average molecular weight is 273 g/mol. The Morgan fingerprint density at radius 2 is 1.90 bits per heavy atom. The summed E-state index contributed by atoms with van der Waals surface area (Å²) in [6.07, 6.45) is 0. The molecule has 106 valence electrons. The van der Waals surface area contributed by atoms with Gasteiger partial charge < -0.3 is 9.64 Å². The monoisotopic (exact) mass is 273 g/mol. The predicted molar refractivity (Wildman–Crippen MR) is 75.4 cm³/mol. The lowest BCUT2D eigenvalue weighted by Crippen LogP contribution is -2.49. The first-order chi connectivity index (χ1) is 9.74. The Labute approximate surface area is 119 Å². The molecule has 0 unspecified atom stereocenters. The molecule has 1 saturated heterocycles. The van der Waals surface area contributed by atoms with Crippen molar-refractivity contribution in [2.45, 2.75) is 0 Å². The third-order valence-corrected chi connectivity index (χ3v) is 3.53. The number of benzene rings is 1. The van der Waals surface area contributed by atoms with Crippen molar-refractivity contribution in [2.24, 2.45) is 0 Å². The van der Waals surface area contributed by atoms with Crippen molar-refractivity contribution in [2.75, 3.05) is 46.4 Å². The number of amides is 1. The van der Waals surface area contributed by atoms with Gasteiger partial charge in [-0.2, -0.15) is 5.26 Å². The summed E-state index contributed by atoms with van der Waals surface area (Å²) in [7, 11) is 1.70. The van der Waals surface area contributed by atoms with E-state index in [1.165, 1.54) is 0 Å². The van der Waals surface area contributed by atoms with Gasteiger partial charge in [-0.3, -0.25) is 9.69 Å². The first-order valence-electron chi connectivity index (χ1n) is 6.75. The number of nitrogens with zero attached hydrogens (tertiary/aromatic N) is 3. The van der Waals surface area contributed by atoms with Gasteiger partial charge in [0.1, 0.15) is 0 Å². The summed E-state index contributed by atoms with van der Waals surface area (Å²) in [5, 5.41) is 8.75. The van der Waals surface area contributed by atoms with Gasteiger partial charge in [-0.15, -0.1) is 0 Å². The SMILES string of the molecule is COCCN1CCN(C(=O)c2ccc(C#N)cc2)CC1. The van der Waals surface area contributed by atoms with Crippen molar-refractivity contribution in [3.05, 3.63) is 35.4 Å². The standard InChI is InChI=1S/C15H19N3O2/c1-20-11-10-17-6-8-18(9-7-17)15(19)14-4-2-13(12-16)3-5-14/h2-5H,6-11H2,1H3. The average Bonchev–Trinajstić information content (AvgIpc) is 2.53. The minimum Gasteiger partial charge on any atom is -0.383 e. The lowest BCUT2D eigenvalue weighted by molar-refractivity contribution is 0.0594. The van der Waals surface area contributed by atoms with Crippen molar-refractivity contribution in [1.29, 1.82) is 5.26 Å². The fourth-order valence-electron chi connectivity index (χ4n) is 2.26. The second kappa shape index (κ2) is 7.04. The maximum Gasteiger partial charge on any atom is 0.253 e. The molecular weight excluding hydrogens is 254 g/mol. The minimum atomic E-state index is 0.0425.